The Labute approximate surface area is 168 Å². The Hall–Kier alpha value is -2.60. The number of anilines is 1. The summed E-state index contributed by atoms with van der Waals surface area (Å²) in [6.07, 6.45) is -3.52. The van der Waals surface area contributed by atoms with E-state index in [1.54, 1.807) is 11.8 Å². The Bertz CT molecular complexity index is 933. The number of aromatic nitrogens is 4. The van der Waals surface area contributed by atoms with Gasteiger partial charge in [-0.1, -0.05) is 11.6 Å². The number of aryl methyl sites for hydroxylation is 2. The highest BCUT2D eigenvalue weighted by Gasteiger charge is 2.40. The van der Waals surface area contributed by atoms with Crippen molar-refractivity contribution in [3.8, 4) is 0 Å². The number of hydrogen-bond acceptors (Lipinski definition) is 5. The maximum absolute atomic E-state index is 13.1. The van der Waals surface area contributed by atoms with Gasteiger partial charge in [-0.05, 0) is 6.92 Å². The monoisotopic (exact) mass is 434 g/mol. The fourth-order valence-corrected chi connectivity index (χ4v) is 3.34. The molecule has 9 nitrogen and oxygen atoms in total. The molecule has 1 N–H and O–H groups in total. The summed E-state index contributed by atoms with van der Waals surface area (Å²) in [5.74, 6) is -1.35. The third-order valence-corrected chi connectivity index (χ3v) is 4.72. The summed E-state index contributed by atoms with van der Waals surface area (Å²) in [5.41, 5.74) is -1.66. The highest BCUT2D eigenvalue weighted by Crippen LogP contribution is 2.36. The van der Waals surface area contributed by atoms with Crippen LogP contribution < -0.4 is 5.32 Å². The molecule has 13 heteroatoms. The minimum absolute atomic E-state index is 0.0589. The molecule has 0 bridgehead atoms. The average Bonchev–Trinajstić information content (AvgIpc) is 3.21. The highest BCUT2D eigenvalue weighted by molar-refractivity contribution is 6.35. The van der Waals surface area contributed by atoms with Crippen LogP contribution in [-0.4, -0.2) is 62.6 Å². The highest BCUT2D eigenvalue weighted by atomic mass is 35.5. The third kappa shape index (κ3) is 4.08. The normalized spacial score (nSPS) is 14.9. The van der Waals surface area contributed by atoms with Crippen molar-refractivity contribution in [3.05, 3.63) is 28.3 Å². The van der Waals surface area contributed by atoms with Crippen LogP contribution in [0.25, 0.3) is 0 Å². The lowest BCUT2D eigenvalue weighted by molar-refractivity contribution is -0.143. The molecule has 0 unspecified atom stereocenters. The molecule has 0 atom stereocenters. The first-order valence-electron chi connectivity index (χ1n) is 8.69. The number of nitrogens with one attached hydrogen (secondary N) is 1. The second-order valence-corrected chi connectivity index (χ2v) is 6.59. The fraction of sp³-hybridized carbons (Fsp3) is 0.500. The van der Waals surface area contributed by atoms with Crippen molar-refractivity contribution >= 4 is 29.1 Å². The first kappa shape index (κ1) is 21.1. The van der Waals surface area contributed by atoms with Gasteiger partial charge in [0.05, 0.1) is 25.1 Å². The standard InChI is InChI=1S/C16H18ClF3N6O3/c1-3-26-12(15(28)25-4-6-29-7-5-25)9(8-21-26)22-14(27)11-10(17)13(16(18,19)20)24(2)23-11/h8H,3-7H2,1-2H3,(H,22,27). The second-order valence-electron chi connectivity index (χ2n) is 6.21. The largest absolute Gasteiger partial charge is 0.434 e. The number of halogens is 4. The summed E-state index contributed by atoms with van der Waals surface area (Å²) in [7, 11) is 1.04. The summed E-state index contributed by atoms with van der Waals surface area (Å²) in [6, 6.07) is 0. The van der Waals surface area contributed by atoms with Crippen LogP contribution in [0.2, 0.25) is 5.02 Å². The third-order valence-electron chi connectivity index (χ3n) is 4.36. The minimum Gasteiger partial charge on any atom is -0.378 e. The zero-order valence-corrected chi connectivity index (χ0v) is 16.3. The van der Waals surface area contributed by atoms with Crippen molar-refractivity contribution in [2.24, 2.45) is 7.05 Å². The van der Waals surface area contributed by atoms with Gasteiger partial charge in [0.15, 0.2) is 11.4 Å². The Balaban J connectivity index is 1.90. The number of nitrogens with zero attached hydrogens (tertiary/aromatic N) is 5. The summed E-state index contributed by atoms with van der Waals surface area (Å²) >= 11 is 5.76. The summed E-state index contributed by atoms with van der Waals surface area (Å²) in [5, 5.41) is 9.23. The smallest absolute Gasteiger partial charge is 0.378 e. The van der Waals surface area contributed by atoms with Gasteiger partial charge in [0.25, 0.3) is 11.8 Å². The van der Waals surface area contributed by atoms with Crippen LogP contribution in [0.1, 0.15) is 33.6 Å². The van der Waals surface area contributed by atoms with E-state index in [-0.39, 0.29) is 17.3 Å². The molecule has 2 amide bonds. The molecule has 2 aromatic heterocycles. The molecule has 1 saturated heterocycles. The van der Waals surface area contributed by atoms with Gasteiger partial charge in [-0.25, -0.2) is 0 Å². The predicted molar refractivity (Wildman–Crippen MR) is 95.8 cm³/mol. The molecular weight excluding hydrogens is 417 g/mol. The molecule has 1 aliphatic rings. The van der Waals surface area contributed by atoms with Crippen LogP contribution in [0.3, 0.4) is 0 Å². The van der Waals surface area contributed by atoms with Crippen molar-refractivity contribution in [1.82, 2.24) is 24.5 Å². The molecule has 0 aromatic carbocycles. The number of rotatable bonds is 4. The van der Waals surface area contributed by atoms with Gasteiger partial charge in [0.1, 0.15) is 10.7 Å². The Morgan fingerprint density at radius 1 is 1.31 bits per heavy atom. The second kappa shape index (κ2) is 8.03. The van der Waals surface area contributed by atoms with Crippen molar-refractivity contribution in [3.63, 3.8) is 0 Å². The number of alkyl halides is 3. The molecule has 2 aromatic rings. The first-order valence-corrected chi connectivity index (χ1v) is 9.06. The van der Waals surface area contributed by atoms with E-state index in [9.17, 15) is 22.8 Å². The summed E-state index contributed by atoms with van der Waals surface area (Å²) < 4.78 is 46.4. The topological polar surface area (TPSA) is 94.3 Å². The molecule has 1 aliphatic heterocycles. The number of morpholine rings is 1. The van der Waals surface area contributed by atoms with E-state index in [0.29, 0.717) is 37.5 Å². The van der Waals surface area contributed by atoms with Crippen molar-refractivity contribution in [2.45, 2.75) is 19.6 Å². The van der Waals surface area contributed by atoms with E-state index in [0.717, 1.165) is 7.05 Å². The maximum atomic E-state index is 13.1. The van der Waals surface area contributed by atoms with Gasteiger partial charge in [0, 0.05) is 26.7 Å². The summed E-state index contributed by atoms with van der Waals surface area (Å²) in [6.45, 7) is 3.64. The van der Waals surface area contributed by atoms with Gasteiger partial charge in [0.2, 0.25) is 0 Å². The Morgan fingerprint density at radius 2 is 1.97 bits per heavy atom. The molecule has 1 fully saturated rings. The number of hydrogen-bond donors (Lipinski definition) is 1. The van der Waals surface area contributed by atoms with E-state index in [1.165, 1.54) is 10.9 Å². The molecule has 3 rings (SSSR count). The average molecular weight is 435 g/mol. The molecule has 29 heavy (non-hydrogen) atoms. The van der Waals surface area contributed by atoms with E-state index in [4.69, 9.17) is 16.3 Å². The minimum atomic E-state index is -4.78. The van der Waals surface area contributed by atoms with Crippen LogP contribution >= 0.6 is 11.6 Å². The lowest BCUT2D eigenvalue weighted by Crippen LogP contribution is -2.41. The lowest BCUT2D eigenvalue weighted by atomic mass is 10.2. The number of amides is 2. The zero-order valence-electron chi connectivity index (χ0n) is 15.6. The van der Waals surface area contributed by atoms with E-state index >= 15 is 0 Å². The van der Waals surface area contributed by atoms with Gasteiger partial charge in [-0.2, -0.15) is 23.4 Å². The molecule has 0 aliphatic carbocycles. The van der Waals surface area contributed by atoms with Crippen LogP contribution in [0, 0.1) is 0 Å². The Morgan fingerprint density at radius 3 is 2.52 bits per heavy atom. The first-order chi connectivity index (χ1) is 13.6. The fourth-order valence-electron chi connectivity index (χ4n) is 2.99. The molecule has 3 heterocycles. The van der Waals surface area contributed by atoms with Crippen molar-refractivity contribution in [2.75, 3.05) is 31.6 Å². The van der Waals surface area contributed by atoms with E-state index in [2.05, 4.69) is 15.5 Å². The molecule has 0 spiro atoms. The lowest BCUT2D eigenvalue weighted by Gasteiger charge is -2.27. The maximum Gasteiger partial charge on any atom is 0.434 e. The van der Waals surface area contributed by atoms with Crippen LogP contribution in [0.5, 0.6) is 0 Å². The van der Waals surface area contributed by atoms with Crippen molar-refractivity contribution < 1.29 is 27.5 Å². The van der Waals surface area contributed by atoms with E-state index in [1.807, 2.05) is 0 Å². The van der Waals surface area contributed by atoms with Crippen LogP contribution in [0.4, 0.5) is 18.9 Å². The number of carbonyl (C=O) groups is 2. The van der Waals surface area contributed by atoms with Gasteiger partial charge in [-0.3, -0.25) is 19.0 Å². The van der Waals surface area contributed by atoms with Gasteiger partial charge < -0.3 is 15.0 Å². The predicted octanol–water partition coefficient (Wildman–Crippen LogP) is 2.03. The quantitative estimate of drug-likeness (QED) is 0.794. The number of carbonyl (C=O) groups excluding carboxylic acids is 2. The molecule has 0 radical (unpaired) electrons. The van der Waals surface area contributed by atoms with Gasteiger partial charge >= 0.3 is 6.18 Å². The summed E-state index contributed by atoms with van der Waals surface area (Å²) in [4.78, 5) is 27.0. The SMILES string of the molecule is CCn1ncc(NC(=O)c2nn(C)c(C(F)(F)F)c2Cl)c1C(=O)N1CCOCC1. The Kier molecular flexibility index (Phi) is 5.85. The van der Waals surface area contributed by atoms with E-state index < -0.39 is 28.5 Å². The zero-order chi connectivity index (χ0) is 21.3. The van der Waals surface area contributed by atoms with Crippen LogP contribution in [0.15, 0.2) is 6.20 Å². The molecular formula is C16H18ClF3N6O3. The van der Waals surface area contributed by atoms with Crippen molar-refractivity contribution in [1.29, 1.82) is 0 Å². The number of ether oxygens (including phenoxy) is 1. The van der Waals surface area contributed by atoms with Gasteiger partial charge in [-0.15, -0.1) is 0 Å². The molecule has 0 saturated carbocycles. The van der Waals surface area contributed by atoms with Crippen LogP contribution in [-0.2, 0) is 24.5 Å². The molecule has 158 valence electrons.